The average molecular weight is 322 g/mol. The molecule has 6 heteroatoms. The molecule has 0 amide bonds. The monoisotopic (exact) mass is 321 g/mol. The van der Waals surface area contributed by atoms with Gasteiger partial charge in [-0.2, -0.15) is 9.64 Å². The number of aliphatic hydroxyl groups is 1. The van der Waals surface area contributed by atoms with Crippen LogP contribution in [0, 0.1) is 11.3 Å². The molecular formula is C15H16ClN3OS. The van der Waals surface area contributed by atoms with Crippen LogP contribution in [0.1, 0.15) is 24.5 Å². The van der Waals surface area contributed by atoms with Crippen LogP contribution in [0.15, 0.2) is 30.3 Å². The standard InChI is InChI=1S/C15H16ClN3OS/c1-2-12(20)10-19(9-11-6-4-3-5-7-11)15-13(8-17)14(16)18-21-15/h3-7,12,20H,2,9-10H2,1H3. The van der Waals surface area contributed by atoms with E-state index in [1.165, 1.54) is 11.5 Å². The third kappa shape index (κ3) is 3.94. The van der Waals surface area contributed by atoms with Crippen LogP contribution in [0.5, 0.6) is 0 Å². The van der Waals surface area contributed by atoms with Gasteiger partial charge in [0.05, 0.1) is 6.10 Å². The van der Waals surface area contributed by atoms with E-state index in [1.807, 2.05) is 42.2 Å². The highest BCUT2D eigenvalue weighted by atomic mass is 35.5. The number of anilines is 1. The number of hydrogen-bond donors (Lipinski definition) is 1. The second-order valence-electron chi connectivity index (χ2n) is 4.69. The summed E-state index contributed by atoms with van der Waals surface area (Å²) < 4.78 is 4.04. The quantitative estimate of drug-likeness (QED) is 0.885. The zero-order chi connectivity index (χ0) is 15.2. The van der Waals surface area contributed by atoms with Gasteiger partial charge in [0.2, 0.25) is 0 Å². The number of halogens is 1. The zero-order valence-corrected chi connectivity index (χ0v) is 13.2. The Bertz CT molecular complexity index is 624. The van der Waals surface area contributed by atoms with E-state index in [-0.39, 0.29) is 5.15 Å². The van der Waals surface area contributed by atoms with Crippen molar-refractivity contribution in [3.8, 4) is 6.07 Å². The van der Waals surface area contributed by atoms with Crippen LogP contribution in [0.2, 0.25) is 5.15 Å². The van der Waals surface area contributed by atoms with E-state index in [4.69, 9.17) is 11.6 Å². The summed E-state index contributed by atoms with van der Waals surface area (Å²) in [5, 5.41) is 20.1. The number of benzene rings is 1. The molecule has 0 bridgehead atoms. The Hall–Kier alpha value is -1.61. The largest absolute Gasteiger partial charge is 0.391 e. The summed E-state index contributed by atoms with van der Waals surface area (Å²) >= 11 is 7.14. The fraction of sp³-hybridized carbons (Fsp3) is 0.333. The maximum Gasteiger partial charge on any atom is 0.162 e. The van der Waals surface area contributed by atoms with Gasteiger partial charge in [-0.3, -0.25) is 0 Å². The van der Waals surface area contributed by atoms with Crippen molar-refractivity contribution in [1.82, 2.24) is 4.37 Å². The lowest BCUT2D eigenvalue weighted by atomic mass is 10.2. The predicted octanol–water partition coefficient (Wildman–Crippen LogP) is 3.45. The van der Waals surface area contributed by atoms with Gasteiger partial charge >= 0.3 is 0 Å². The van der Waals surface area contributed by atoms with Crippen molar-refractivity contribution in [2.24, 2.45) is 0 Å². The van der Waals surface area contributed by atoms with Gasteiger partial charge in [0.15, 0.2) is 5.15 Å². The van der Waals surface area contributed by atoms with Gasteiger partial charge in [0.25, 0.3) is 0 Å². The first-order valence-electron chi connectivity index (χ1n) is 6.67. The molecule has 1 heterocycles. The van der Waals surface area contributed by atoms with Crippen molar-refractivity contribution in [2.75, 3.05) is 11.4 Å². The Labute approximate surface area is 133 Å². The van der Waals surface area contributed by atoms with Gasteiger partial charge < -0.3 is 10.0 Å². The van der Waals surface area contributed by atoms with Crippen LogP contribution in [0.25, 0.3) is 0 Å². The van der Waals surface area contributed by atoms with Crippen LogP contribution in [0.4, 0.5) is 5.00 Å². The molecule has 0 spiro atoms. The maximum absolute atomic E-state index is 9.96. The molecule has 0 radical (unpaired) electrons. The first kappa shape index (κ1) is 15.8. The first-order chi connectivity index (χ1) is 10.2. The van der Waals surface area contributed by atoms with Crippen molar-refractivity contribution in [1.29, 1.82) is 5.26 Å². The highest BCUT2D eigenvalue weighted by Gasteiger charge is 2.20. The Morgan fingerprint density at radius 2 is 2.14 bits per heavy atom. The average Bonchev–Trinajstić information content (AvgIpc) is 2.88. The van der Waals surface area contributed by atoms with E-state index in [0.29, 0.717) is 30.1 Å². The Kier molecular flexibility index (Phi) is 5.57. The SMILES string of the molecule is CCC(O)CN(Cc1ccccc1)c1snc(Cl)c1C#N. The molecule has 2 aromatic rings. The van der Waals surface area contributed by atoms with Crippen LogP contribution >= 0.6 is 23.1 Å². The summed E-state index contributed by atoms with van der Waals surface area (Å²) in [5.41, 5.74) is 1.48. The van der Waals surface area contributed by atoms with Gasteiger partial charge in [-0.15, -0.1) is 0 Å². The molecule has 0 saturated heterocycles. The smallest absolute Gasteiger partial charge is 0.162 e. The lowest BCUT2D eigenvalue weighted by molar-refractivity contribution is 0.175. The summed E-state index contributed by atoms with van der Waals surface area (Å²) in [6.45, 7) is 2.97. The summed E-state index contributed by atoms with van der Waals surface area (Å²) in [6.07, 6.45) is 0.195. The topological polar surface area (TPSA) is 60.1 Å². The minimum absolute atomic E-state index is 0.224. The molecule has 0 fully saturated rings. The van der Waals surface area contributed by atoms with Crippen LogP contribution in [-0.2, 0) is 6.54 Å². The van der Waals surface area contributed by atoms with Crippen LogP contribution in [0.3, 0.4) is 0 Å². The van der Waals surface area contributed by atoms with Gasteiger partial charge in [0.1, 0.15) is 16.6 Å². The number of rotatable bonds is 6. The molecule has 1 N–H and O–H groups in total. The molecule has 1 unspecified atom stereocenters. The highest BCUT2D eigenvalue weighted by Crippen LogP contribution is 2.32. The molecule has 1 atom stereocenters. The van der Waals surface area contributed by atoms with Crippen molar-refractivity contribution < 1.29 is 5.11 Å². The van der Waals surface area contributed by atoms with E-state index in [0.717, 1.165) is 5.56 Å². The number of aromatic nitrogens is 1. The Morgan fingerprint density at radius 1 is 1.43 bits per heavy atom. The summed E-state index contributed by atoms with van der Waals surface area (Å²) in [4.78, 5) is 1.96. The van der Waals surface area contributed by atoms with Crippen molar-refractivity contribution >= 4 is 28.1 Å². The normalized spacial score (nSPS) is 11.9. The zero-order valence-electron chi connectivity index (χ0n) is 11.7. The van der Waals surface area contributed by atoms with E-state index in [1.54, 1.807) is 0 Å². The van der Waals surface area contributed by atoms with E-state index < -0.39 is 6.10 Å². The minimum atomic E-state index is -0.457. The Balaban J connectivity index is 2.29. The van der Waals surface area contributed by atoms with Crippen LogP contribution < -0.4 is 4.90 Å². The fourth-order valence-corrected chi connectivity index (χ4v) is 3.02. The molecular weight excluding hydrogens is 306 g/mol. The maximum atomic E-state index is 9.96. The second kappa shape index (κ2) is 7.41. The fourth-order valence-electron chi connectivity index (χ4n) is 1.98. The van der Waals surface area contributed by atoms with Crippen molar-refractivity contribution in [3.05, 3.63) is 46.6 Å². The molecule has 0 aliphatic rings. The molecule has 110 valence electrons. The third-order valence-corrected chi connectivity index (χ3v) is 4.43. The summed E-state index contributed by atoms with van der Waals surface area (Å²) in [6, 6.07) is 12.0. The minimum Gasteiger partial charge on any atom is -0.391 e. The second-order valence-corrected chi connectivity index (χ2v) is 5.80. The van der Waals surface area contributed by atoms with Gasteiger partial charge in [-0.1, -0.05) is 48.9 Å². The van der Waals surface area contributed by atoms with Gasteiger partial charge in [-0.05, 0) is 23.5 Å². The number of nitriles is 1. The van der Waals surface area contributed by atoms with Crippen LogP contribution in [-0.4, -0.2) is 22.1 Å². The molecule has 1 aromatic carbocycles. The molecule has 1 aromatic heterocycles. The molecule has 0 saturated carbocycles. The van der Waals surface area contributed by atoms with Crippen molar-refractivity contribution in [2.45, 2.75) is 26.0 Å². The highest BCUT2D eigenvalue weighted by molar-refractivity contribution is 7.10. The molecule has 4 nitrogen and oxygen atoms in total. The van der Waals surface area contributed by atoms with E-state index in [9.17, 15) is 10.4 Å². The summed E-state index contributed by atoms with van der Waals surface area (Å²) in [7, 11) is 0. The molecule has 21 heavy (non-hydrogen) atoms. The van der Waals surface area contributed by atoms with E-state index in [2.05, 4.69) is 10.4 Å². The number of nitrogens with zero attached hydrogens (tertiary/aromatic N) is 3. The predicted molar refractivity (Wildman–Crippen MR) is 85.6 cm³/mol. The Morgan fingerprint density at radius 3 is 2.76 bits per heavy atom. The van der Waals surface area contributed by atoms with E-state index >= 15 is 0 Å². The lowest BCUT2D eigenvalue weighted by Crippen LogP contribution is -2.31. The molecule has 2 rings (SSSR count). The lowest BCUT2D eigenvalue weighted by Gasteiger charge is -2.25. The first-order valence-corrected chi connectivity index (χ1v) is 7.83. The number of hydrogen-bond acceptors (Lipinski definition) is 5. The van der Waals surface area contributed by atoms with Gasteiger partial charge in [0, 0.05) is 13.1 Å². The molecule has 0 aliphatic carbocycles. The summed E-state index contributed by atoms with van der Waals surface area (Å²) in [5.74, 6) is 0. The number of aliphatic hydroxyl groups excluding tert-OH is 1. The molecule has 0 aliphatic heterocycles. The third-order valence-electron chi connectivity index (χ3n) is 3.15. The van der Waals surface area contributed by atoms with Gasteiger partial charge in [-0.25, -0.2) is 0 Å². The van der Waals surface area contributed by atoms with Crippen molar-refractivity contribution in [3.63, 3.8) is 0 Å².